The van der Waals surface area contributed by atoms with Gasteiger partial charge in [0, 0.05) is 30.3 Å². The summed E-state index contributed by atoms with van der Waals surface area (Å²) in [6, 6.07) is 13.9. The molecule has 27 heavy (non-hydrogen) atoms. The molecule has 1 saturated heterocycles. The summed E-state index contributed by atoms with van der Waals surface area (Å²) in [5.41, 5.74) is 2.05. The smallest absolute Gasteiger partial charge is 0.243 e. The first-order chi connectivity index (χ1) is 12.9. The van der Waals surface area contributed by atoms with Crippen LogP contribution in [0.5, 0.6) is 0 Å². The maximum absolute atomic E-state index is 13.0. The number of Topliss-reactive ketones (excluding diaryl/α,β-unsaturated/α-hetero) is 1. The second-order valence-corrected chi connectivity index (χ2v) is 8.89. The molecule has 0 aromatic heterocycles. The minimum absolute atomic E-state index is 0.0785. The van der Waals surface area contributed by atoms with Crippen LogP contribution < -0.4 is 5.32 Å². The summed E-state index contributed by atoms with van der Waals surface area (Å²) >= 11 is 0. The van der Waals surface area contributed by atoms with Crippen LogP contribution in [0.3, 0.4) is 0 Å². The molecule has 2 aliphatic rings. The molecule has 1 amide bonds. The molecule has 0 spiro atoms. The van der Waals surface area contributed by atoms with Crippen LogP contribution in [0, 0.1) is 5.92 Å². The average Bonchev–Trinajstić information content (AvgIpc) is 3.07. The van der Waals surface area contributed by atoms with Gasteiger partial charge in [-0.05, 0) is 36.6 Å². The third-order valence-electron chi connectivity index (χ3n) is 5.22. The van der Waals surface area contributed by atoms with Crippen molar-refractivity contribution in [2.24, 2.45) is 5.92 Å². The van der Waals surface area contributed by atoms with E-state index in [0.717, 1.165) is 0 Å². The Morgan fingerprint density at radius 3 is 2.44 bits per heavy atom. The fraction of sp³-hybridized carbons (Fsp3) is 0.300. The van der Waals surface area contributed by atoms with Gasteiger partial charge in [-0.25, -0.2) is 8.42 Å². The standard InChI is InChI=1S/C20H20N2O4S/c23-19-13-16-12-17(6-7-18(16)21-19)27(25,26)22-10-8-15(9-11-22)20(24)14-4-2-1-3-5-14/h1-7,12,15H,8-11,13H2,(H,21,23). The van der Waals surface area contributed by atoms with Crippen LogP contribution in [-0.4, -0.2) is 37.5 Å². The van der Waals surface area contributed by atoms with Crippen molar-refractivity contribution in [3.63, 3.8) is 0 Å². The quantitative estimate of drug-likeness (QED) is 0.821. The van der Waals surface area contributed by atoms with E-state index in [4.69, 9.17) is 0 Å². The van der Waals surface area contributed by atoms with Crippen molar-refractivity contribution >= 4 is 27.4 Å². The topological polar surface area (TPSA) is 83.6 Å². The zero-order chi connectivity index (χ0) is 19.0. The van der Waals surface area contributed by atoms with Crippen LogP contribution in [0.15, 0.2) is 53.4 Å². The number of anilines is 1. The van der Waals surface area contributed by atoms with Crippen molar-refractivity contribution in [1.82, 2.24) is 4.31 Å². The molecule has 2 aromatic rings. The summed E-state index contributed by atoms with van der Waals surface area (Å²) in [6.07, 6.45) is 1.22. The Bertz CT molecular complexity index is 994. The number of nitrogens with zero attached hydrogens (tertiary/aromatic N) is 1. The van der Waals surface area contributed by atoms with E-state index < -0.39 is 10.0 Å². The van der Waals surface area contributed by atoms with Crippen molar-refractivity contribution in [2.75, 3.05) is 18.4 Å². The Labute approximate surface area is 158 Å². The van der Waals surface area contributed by atoms with Crippen molar-refractivity contribution in [2.45, 2.75) is 24.2 Å². The SMILES string of the molecule is O=C1Cc2cc(S(=O)(=O)N3CCC(C(=O)c4ccccc4)CC3)ccc2N1. The number of ketones is 1. The molecule has 0 unspecified atom stereocenters. The van der Waals surface area contributed by atoms with E-state index >= 15 is 0 Å². The maximum atomic E-state index is 13.0. The number of rotatable bonds is 4. The van der Waals surface area contributed by atoms with Gasteiger partial charge in [0.25, 0.3) is 0 Å². The van der Waals surface area contributed by atoms with Crippen LogP contribution in [0.4, 0.5) is 5.69 Å². The molecule has 2 aliphatic heterocycles. The number of amides is 1. The van der Waals surface area contributed by atoms with E-state index in [0.29, 0.717) is 42.7 Å². The molecule has 0 saturated carbocycles. The Morgan fingerprint density at radius 2 is 1.74 bits per heavy atom. The van der Waals surface area contributed by atoms with Gasteiger partial charge in [-0.15, -0.1) is 0 Å². The predicted molar refractivity (Wildman–Crippen MR) is 101 cm³/mol. The number of piperidine rings is 1. The van der Waals surface area contributed by atoms with Gasteiger partial charge < -0.3 is 5.32 Å². The van der Waals surface area contributed by atoms with Gasteiger partial charge in [-0.1, -0.05) is 30.3 Å². The number of hydrogen-bond acceptors (Lipinski definition) is 4. The Balaban J connectivity index is 1.47. The van der Waals surface area contributed by atoms with Crippen LogP contribution in [0.2, 0.25) is 0 Å². The van der Waals surface area contributed by atoms with Gasteiger partial charge in [0.15, 0.2) is 5.78 Å². The van der Waals surface area contributed by atoms with E-state index in [2.05, 4.69) is 5.32 Å². The monoisotopic (exact) mass is 384 g/mol. The van der Waals surface area contributed by atoms with Crippen molar-refractivity contribution in [1.29, 1.82) is 0 Å². The number of carbonyl (C=O) groups excluding carboxylic acids is 2. The Hall–Kier alpha value is -2.51. The van der Waals surface area contributed by atoms with E-state index in [-0.39, 0.29) is 28.9 Å². The van der Waals surface area contributed by atoms with E-state index in [9.17, 15) is 18.0 Å². The van der Waals surface area contributed by atoms with E-state index in [1.807, 2.05) is 18.2 Å². The van der Waals surface area contributed by atoms with Gasteiger partial charge in [0.05, 0.1) is 11.3 Å². The Morgan fingerprint density at radius 1 is 1.04 bits per heavy atom. The molecule has 6 nitrogen and oxygen atoms in total. The molecule has 0 aliphatic carbocycles. The van der Waals surface area contributed by atoms with Crippen LogP contribution >= 0.6 is 0 Å². The highest BCUT2D eigenvalue weighted by atomic mass is 32.2. The number of hydrogen-bond donors (Lipinski definition) is 1. The molecule has 0 radical (unpaired) electrons. The van der Waals surface area contributed by atoms with Gasteiger partial charge in [-0.3, -0.25) is 9.59 Å². The second kappa shape index (κ2) is 6.90. The lowest BCUT2D eigenvalue weighted by Gasteiger charge is -2.30. The molecule has 2 heterocycles. The summed E-state index contributed by atoms with van der Waals surface area (Å²) in [5.74, 6) is -0.199. The van der Waals surface area contributed by atoms with Crippen LogP contribution in [0.1, 0.15) is 28.8 Å². The zero-order valence-electron chi connectivity index (χ0n) is 14.7. The van der Waals surface area contributed by atoms with Gasteiger partial charge in [0.1, 0.15) is 0 Å². The minimum Gasteiger partial charge on any atom is -0.326 e. The van der Waals surface area contributed by atoms with Crippen LogP contribution in [0.25, 0.3) is 0 Å². The summed E-state index contributed by atoms with van der Waals surface area (Å²) in [4.78, 5) is 24.3. The zero-order valence-corrected chi connectivity index (χ0v) is 15.5. The van der Waals surface area contributed by atoms with E-state index in [1.54, 1.807) is 24.3 Å². The third-order valence-corrected chi connectivity index (χ3v) is 7.12. The molecule has 140 valence electrons. The molecule has 1 N–H and O–H groups in total. The summed E-state index contributed by atoms with van der Waals surface area (Å²) in [6.45, 7) is 0.639. The number of sulfonamides is 1. The fourth-order valence-electron chi connectivity index (χ4n) is 3.71. The highest BCUT2D eigenvalue weighted by molar-refractivity contribution is 7.89. The second-order valence-electron chi connectivity index (χ2n) is 6.95. The normalized spacial score (nSPS) is 18.1. The van der Waals surface area contributed by atoms with E-state index in [1.165, 1.54) is 10.4 Å². The highest BCUT2D eigenvalue weighted by Gasteiger charge is 2.33. The van der Waals surface area contributed by atoms with Gasteiger partial charge in [-0.2, -0.15) is 4.31 Å². The van der Waals surface area contributed by atoms with Crippen molar-refractivity contribution in [3.05, 3.63) is 59.7 Å². The predicted octanol–water partition coefficient (Wildman–Crippen LogP) is 2.46. The van der Waals surface area contributed by atoms with Crippen LogP contribution in [-0.2, 0) is 21.2 Å². The lowest BCUT2D eigenvalue weighted by molar-refractivity contribution is -0.115. The molecular weight excluding hydrogens is 364 g/mol. The number of benzene rings is 2. The first-order valence-electron chi connectivity index (χ1n) is 8.97. The first-order valence-corrected chi connectivity index (χ1v) is 10.4. The van der Waals surface area contributed by atoms with Crippen molar-refractivity contribution in [3.8, 4) is 0 Å². The molecule has 4 rings (SSSR count). The molecular formula is C20H20N2O4S. The molecule has 0 bridgehead atoms. The molecule has 0 atom stereocenters. The lowest BCUT2D eigenvalue weighted by Crippen LogP contribution is -2.40. The lowest BCUT2D eigenvalue weighted by atomic mass is 9.90. The number of nitrogens with one attached hydrogen (secondary N) is 1. The average molecular weight is 384 g/mol. The fourth-order valence-corrected chi connectivity index (χ4v) is 5.23. The molecule has 7 heteroatoms. The maximum Gasteiger partial charge on any atom is 0.243 e. The van der Waals surface area contributed by atoms with Gasteiger partial charge >= 0.3 is 0 Å². The minimum atomic E-state index is -3.63. The summed E-state index contributed by atoms with van der Waals surface area (Å²) < 4.78 is 27.3. The summed E-state index contributed by atoms with van der Waals surface area (Å²) in [5, 5.41) is 2.70. The number of fused-ring (bicyclic) bond motifs is 1. The number of carbonyl (C=O) groups is 2. The molecule has 2 aromatic carbocycles. The van der Waals surface area contributed by atoms with Gasteiger partial charge in [0.2, 0.25) is 15.9 Å². The van der Waals surface area contributed by atoms with Crippen molar-refractivity contribution < 1.29 is 18.0 Å². The first kappa shape index (κ1) is 17.9. The molecule has 1 fully saturated rings. The highest BCUT2D eigenvalue weighted by Crippen LogP contribution is 2.30. The largest absolute Gasteiger partial charge is 0.326 e. The summed E-state index contributed by atoms with van der Waals surface area (Å²) in [7, 11) is -3.63. The Kier molecular flexibility index (Phi) is 4.57. The third kappa shape index (κ3) is 3.40.